The molecular weight excluding hydrogens is 380 g/mol. The Hall–Kier alpha value is -1.39. The van der Waals surface area contributed by atoms with E-state index in [0.717, 1.165) is 38.5 Å². The van der Waals surface area contributed by atoms with E-state index in [1.54, 1.807) is 0 Å². The highest BCUT2D eigenvalue weighted by molar-refractivity contribution is 5.91. The van der Waals surface area contributed by atoms with Gasteiger partial charge < -0.3 is 9.47 Å². The fraction of sp³-hybridized carbons (Fsp3) is 0.880. The van der Waals surface area contributed by atoms with Gasteiger partial charge in [0.1, 0.15) is 6.10 Å². The quantitative estimate of drug-likeness (QED) is 0.600. The molecule has 5 heteroatoms. The maximum absolute atomic E-state index is 13.0. The van der Waals surface area contributed by atoms with Crippen molar-refractivity contribution in [3.63, 3.8) is 0 Å². The molecule has 0 aromatic heterocycles. The van der Waals surface area contributed by atoms with Crippen molar-refractivity contribution in [2.24, 2.45) is 34.5 Å². The first-order valence-corrected chi connectivity index (χ1v) is 11.9. The first-order valence-electron chi connectivity index (χ1n) is 11.9. The van der Waals surface area contributed by atoms with Crippen molar-refractivity contribution < 1.29 is 23.9 Å². The normalized spacial score (nSPS) is 48.0. The number of esters is 2. The Balaban J connectivity index is 1.59. The summed E-state index contributed by atoms with van der Waals surface area (Å²) in [6.45, 7) is 9.49. The van der Waals surface area contributed by atoms with Crippen molar-refractivity contribution >= 4 is 17.7 Å². The lowest BCUT2D eigenvalue weighted by molar-refractivity contribution is -0.215. The number of ether oxygens (including phenoxy) is 2. The second-order valence-corrected chi connectivity index (χ2v) is 11.2. The second-order valence-electron chi connectivity index (χ2n) is 11.2. The number of carbonyl (C=O) groups is 3. The van der Waals surface area contributed by atoms with E-state index in [0.29, 0.717) is 30.1 Å². The molecule has 0 unspecified atom stereocenters. The lowest BCUT2D eigenvalue weighted by Gasteiger charge is -2.65. The molecule has 5 nitrogen and oxygen atoms in total. The van der Waals surface area contributed by atoms with E-state index in [4.69, 9.17) is 9.47 Å². The molecule has 0 N–H and O–H groups in total. The van der Waals surface area contributed by atoms with Crippen LogP contribution >= 0.6 is 0 Å². The Bertz CT molecular complexity index is 746. The highest BCUT2D eigenvalue weighted by atomic mass is 16.6. The molecule has 0 saturated heterocycles. The molecule has 0 amide bonds. The van der Waals surface area contributed by atoms with Crippen LogP contribution in [0.15, 0.2) is 0 Å². The van der Waals surface area contributed by atoms with E-state index < -0.39 is 5.60 Å². The van der Waals surface area contributed by atoms with E-state index in [1.165, 1.54) is 26.7 Å². The van der Waals surface area contributed by atoms with Gasteiger partial charge in [-0.15, -0.1) is 0 Å². The first-order chi connectivity index (χ1) is 14.0. The smallest absolute Gasteiger partial charge is 0.303 e. The summed E-state index contributed by atoms with van der Waals surface area (Å²) in [5.74, 6) is 1.82. The molecule has 168 valence electrons. The van der Waals surface area contributed by atoms with Crippen LogP contribution in [0.3, 0.4) is 0 Å². The predicted molar refractivity (Wildman–Crippen MR) is 112 cm³/mol. The van der Waals surface area contributed by atoms with Gasteiger partial charge in [-0.3, -0.25) is 14.4 Å². The Labute approximate surface area is 180 Å². The zero-order chi connectivity index (χ0) is 21.9. The number of hydrogen-bond donors (Lipinski definition) is 0. The Morgan fingerprint density at radius 3 is 2.30 bits per heavy atom. The summed E-state index contributed by atoms with van der Waals surface area (Å²) in [5, 5.41) is 0. The van der Waals surface area contributed by atoms with Crippen LogP contribution in [-0.2, 0) is 23.9 Å². The maximum Gasteiger partial charge on any atom is 0.303 e. The van der Waals surface area contributed by atoms with Crippen molar-refractivity contribution in [1.29, 1.82) is 0 Å². The molecule has 0 heterocycles. The molecule has 30 heavy (non-hydrogen) atoms. The summed E-state index contributed by atoms with van der Waals surface area (Å²) in [6, 6.07) is 0. The molecule has 0 aromatic carbocycles. The SMILES string of the molecule is CC(=O)O[C@@H]1CC[C@@]2(C)[C@@H](CC[C@H]3[C@H]2CC[C@]2(C)[C@@H]3CCC(=O)[C@]2(C)OC(C)=O)C1. The Kier molecular flexibility index (Phi) is 5.34. The molecule has 4 aliphatic carbocycles. The number of Topliss-reactive ketones (excluding diaryl/α,β-unsaturated/α-hetero) is 1. The van der Waals surface area contributed by atoms with Crippen molar-refractivity contribution in [2.45, 2.75) is 104 Å². The lowest BCUT2D eigenvalue weighted by atomic mass is 9.41. The monoisotopic (exact) mass is 418 g/mol. The van der Waals surface area contributed by atoms with E-state index in [2.05, 4.69) is 13.8 Å². The summed E-state index contributed by atoms with van der Waals surface area (Å²) >= 11 is 0. The van der Waals surface area contributed by atoms with Gasteiger partial charge in [-0.1, -0.05) is 13.8 Å². The summed E-state index contributed by atoms with van der Waals surface area (Å²) in [6.07, 6.45) is 8.93. The molecule has 4 rings (SSSR count). The van der Waals surface area contributed by atoms with Crippen LogP contribution in [0.1, 0.15) is 92.4 Å². The summed E-state index contributed by atoms with van der Waals surface area (Å²) in [7, 11) is 0. The van der Waals surface area contributed by atoms with E-state index in [1.807, 2.05) is 6.92 Å². The van der Waals surface area contributed by atoms with E-state index >= 15 is 0 Å². The summed E-state index contributed by atoms with van der Waals surface area (Å²) < 4.78 is 11.4. The van der Waals surface area contributed by atoms with Gasteiger partial charge in [-0.05, 0) is 87.4 Å². The minimum Gasteiger partial charge on any atom is -0.463 e. The third kappa shape index (κ3) is 3.14. The van der Waals surface area contributed by atoms with Crippen LogP contribution in [0.5, 0.6) is 0 Å². The van der Waals surface area contributed by atoms with Crippen LogP contribution in [-0.4, -0.2) is 29.4 Å². The van der Waals surface area contributed by atoms with Crippen molar-refractivity contribution in [3.8, 4) is 0 Å². The average Bonchev–Trinajstić information content (AvgIpc) is 2.65. The number of ketones is 1. The largest absolute Gasteiger partial charge is 0.463 e. The molecule has 0 aliphatic heterocycles. The molecule has 0 spiro atoms. The zero-order valence-electron chi connectivity index (χ0n) is 19.3. The van der Waals surface area contributed by atoms with Gasteiger partial charge in [0.05, 0.1) is 0 Å². The van der Waals surface area contributed by atoms with Gasteiger partial charge in [-0.25, -0.2) is 0 Å². The van der Waals surface area contributed by atoms with Crippen LogP contribution in [0, 0.1) is 34.5 Å². The Morgan fingerprint density at radius 2 is 1.63 bits per heavy atom. The van der Waals surface area contributed by atoms with E-state index in [9.17, 15) is 14.4 Å². The molecule has 0 aromatic rings. The molecular formula is C25H38O5. The molecule has 8 atom stereocenters. The summed E-state index contributed by atoms with van der Waals surface area (Å²) in [5.41, 5.74) is -1.01. The van der Waals surface area contributed by atoms with E-state index in [-0.39, 0.29) is 34.7 Å². The summed E-state index contributed by atoms with van der Waals surface area (Å²) in [4.78, 5) is 36.3. The molecule has 0 bridgehead atoms. The van der Waals surface area contributed by atoms with Crippen molar-refractivity contribution in [3.05, 3.63) is 0 Å². The van der Waals surface area contributed by atoms with Crippen LogP contribution in [0.4, 0.5) is 0 Å². The second kappa shape index (κ2) is 7.34. The average molecular weight is 419 g/mol. The number of hydrogen-bond acceptors (Lipinski definition) is 5. The topological polar surface area (TPSA) is 69.7 Å². The molecule has 4 saturated carbocycles. The number of fused-ring (bicyclic) bond motifs is 5. The highest BCUT2D eigenvalue weighted by Crippen LogP contribution is 2.67. The first kappa shape index (κ1) is 21.8. The maximum atomic E-state index is 13.0. The van der Waals surface area contributed by atoms with Gasteiger partial charge in [0.25, 0.3) is 0 Å². The van der Waals surface area contributed by atoms with Crippen molar-refractivity contribution in [1.82, 2.24) is 0 Å². The van der Waals surface area contributed by atoms with Gasteiger partial charge in [0, 0.05) is 25.7 Å². The van der Waals surface area contributed by atoms with Gasteiger partial charge >= 0.3 is 11.9 Å². The third-order valence-corrected chi connectivity index (χ3v) is 9.99. The fourth-order valence-corrected chi connectivity index (χ4v) is 8.31. The minimum atomic E-state index is -1.00. The van der Waals surface area contributed by atoms with Crippen molar-refractivity contribution in [2.75, 3.05) is 0 Å². The number of rotatable bonds is 2. The van der Waals surface area contributed by atoms with Gasteiger partial charge in [0.15, 0.2) is 11.4 Å². The minimum absolute atomic E-state index is 0.0746. The zero-order valence-corrected chi connectivity index (χ0v) is 19.3. The highest BCUT2D eigenvalue weighted by Gasteiger charge is 2.65. The molecule has 4 fully saturated rings. The molecule has 4 aliphatic rings. The van der Waals surface area contributed by atoms with Crippen LogP contribution < -0.4 is 0 Å². The third-order valence-electron chi connectivity index (χ3n) is 9.99. The Morgan fingerprint density at radius 1 is 0.900 bits per heavy atom. The number of carbonyl (C=O) groups excluding carboxylic acids is 3. The molecule has 0 radical (unpaired) electrons. The fourth-order valence-electron chi connectivity index (χ4n) is 8.31. The lowest BCUT2D eigenvalue weighted by Crippen LogP contribution is -2.65. The van der Waals surface area contributed by atoms with Crippen LogP contribution in [0.25, 0.3) is 0 Å². The predicted octanol–water partition coefficient (Wildman–Crippen LogP) is 4.85. The van der Waals surface area contributed by atoms with Gasteiger partial charge in [0.2, 0.25) is 0 Å². The van der Waals surface area contributed by atoms with Crippen LogP contribution in [0.2, 0.25) is 0 Å². The van der Waals surface area contributed by atoms with Gasteiger partial charge in [-0.2, -0.15) is 0 Å². The standard InChI is InChI=1S/C25H38O5/c1-15(26)29-18-10-12-23(3)17(14-18)6-7-19-20(23)11-13-24(4)21(19)8-9-22(28)25(24,5)30-16(2)27/h17-21H,6-14H2,1-5H3/t17-,18+,19-,20+,21+,23-,24+,25-/m0/s1.